The van der Waals surface area contributed by atoms with Crippen LogP contribution in [0.1, 0.15) is 57.9 Å². The standard InChI is InChI=1S/C22H24O13/c1-6-13(24)8-5-9(23)19(32-3)16(27)10(8)21(30)35-7(2)14(25)11-12(22(31)34-6)17(28)20(33-4)18(29)15(11)26/h5-7,13-14,23-29H,1-4H3/t6-,7-,13+,14+/m1/s1. The fraction of sp³-hybridized carbons (Fsp3) is 0.364. The first-order chi connectivity index (χ1) is 16.4. The van der Waals surface area contributed by atoms with Gasteiger partial charge in [-0.25, -0.2) is 9.59 Å². The lowest BCUT2D eigenvalue weighted by Crippen LogP contribution is -2.30. The van der Waals surface area contributed by atoms with Crippen molar-refractivity contribution >= 4 is 11.9 Å². The molecule has 0 aromatic heterocycles. The summed E-state index contributed by atoms with van der Waals surface area (Å²) in [4.78, 5) is 26.0. The number of fused-ring (bicyclic) bond motifs is 2. The van der Waals surface area contributed by atoms with Gasteiger partial charge in [-0.05, 0) is 19.9 Å². The number of aromatic hydroxyl groups is 5. The van der Waals surface area contributed by atoms with E-state index < -0.39 is 98.9 Å². The minimum Gasteiger partial charge on any atom is -0.504 e. The van der Waals surface area contributed by atoms with E-state index in [-0.39, 0.29) is 0 Å². The molecule has 4 atom stereocenters. The Hall–Kier alpha value is -4.10. The van der Waals surface area contributed by atoms with Crippen molar-refractivity contribution in [1.82, 2.24) is 0 Å². The van der Waals surface area contributed by atoms with Crippen molar-refractivity contribution in [3.8, 4) is 40.2 Å². The van der Waals surface area contributed by atoms with E-state index in [2.05, 4.69) is 0 Å². The first-order valence-electron chi connectivity index (χ1n) is 10.1. The van der Waals surface area contributed by atoms with Crippen LogP contribution in [0.15, 0.2) is 6.07 Å². The van der Waals surface area contributed by atoms with E-state index in [1.807, 2.05) is 0 Å². The van der Waals surface area contributed by atoms with Gasteiger partial charge in [0.05, 0.1) is 14.2 Å². The number of phenolic OH excluding ortho intramolecular Hbond substituents is 5. The van der Waals surface area contributed by atoms with Crippen LogP contribution in [0.25, 0.3) is 0 Å². The van der Waals surface area contributed by atoms with Crippen LogP contribution < -0.4 is 9.47 Å². The minimum atomic E-state index is -2.02. The van der Waals surface area contributed by atoms with Gasteiger partial charge in [0.25, 0.3) is 0 Å². The van der Waals surface area contributed by atoms with Crippen molar-refractivity contribution < 1.29 is 64.3 Å². The molecular weight excluding hydrogens is 472 g/mol. The molecule has 13 nitrogen and oxygen atoms in total. The maximum absolute atomic E-state index is 13.0. The van der Waals surface area contributed by atoms with Gasteiger partial charge in [-0.15, -0.1) is 0 Å². The van der Waals surface area contributed by atoms with Crippen LogP contribution in [-0.4, -0.2) is 74.1 Å². The maximum Gasteiger partial charge on any atom is 0.342 e. The topological polar surface area (TPSA) is 213 Å². The molecule has 190 valence electrons. The number of aliphatic hydroxyl groups excluding tert-OH is 2. The number of cyclic esters (lactones) is 2. The fourth-order valence-electron chi connectivity index (χ4n) is 3.77. The van der Waals surface area contributed by atoms with Gasteiger partial charge in [-0.1, -0.05) is 0 Å². The monoisotopic (exact) mass is 496 g/mol. The van der Waals surface area contributed by atoms with E-state index in [9.17, 15) is 45.3 Å². The highest BCUT2D eigenvalue weighted by atomic mass is 16.6. The molecule has 1 aliphatic heterocycles. The Bertz CT molecular complexity index is 1190. The predicted octanol–water partition coefficient (Wildman–Crippen LogP) is 1.10. The van der Waals surface area contributed by atoms with Crippen LogP contribution in [-0.2, 0) is 9.47 Å². The number of hydrogen-bond donors (Lipinski definition) is 7. The summed E-state index contributed by atoms with van der Waals surface area (Å²) >= 11 is 0. The number of ether oxygens (including phenoxy) is 4. The molecule has 0 amide bonds. The Morgan fingerprint density at radius 3 is 1.74 bits per heavy atom. The van der Waals surface area contributed by atoms with Crippen molar-refractivity contribution in [2.24, 2.45) is 0 Å². The van der Waals surface area contributed by atoms with E-state index in [0.29, 0.717) is 0 Å². The summed E-state index contributed by atoms with van der Waals surface area (Å²) in [6, 6.07) is 0.898. The largest absolute Gasteiger partial charge is 0.504 e. The van der Waals surface area contributed by atoms with Crippen LogP contribution in [0.3, 0.4) is 0 Å². The van der Waals surface area contributed by atoms with Gasteiger partial charge in [0.15, 0.2) is 23.0 Å². The van der Waals surface area contributed by atoms with Crippen molar-refractivity contribution in [2.45, 2.75) is 38.3 Å². The van der Waals surface area contributed by atoms with Crippen molar-refractivity contribution in [3.63, 3.8) is 0 Å². The molecule has 0 spiro atoms. The Morgan fingerprint density at radius 1 is 0.714 bits per heavy atom. The summed E-state index contributed by atoms with van der Waals surface area (Å²) in [7, 11) is 2.13. The molecular formula is C22H24O13. The lowest BCUT2D eigenvalue weighted by molar-refractivity contribution is -0.0220. The summed E-state index contributed by atoms with van der Waals surface area (Å²) in [6.45, 7) is 2.34. The molecule has 0 saturated heterocycles. The highest BCUT2D eigenvalue weighted by Crippen LogP contribution is 2.51. The molecule has 0 fully saturated rings. The van der Waals surface area contributed by atoms with Crippen molar-refractivity contribution in [2.75, 3.05) is 14.2 Å². The summed E-state index contributed by atoms with van der Waals surface area (Å²) in [5, 5.41) is 73.6. The van der Waals surface area contributed by atoms with Crippen LogP contribution in [0.5, 0.6) is 40.2 Å². The molecule has 1 heterocycles. The zero-order chi connectivity index (χ0) is 26.4. The molecule has 13 heteroatoms. The highest BCUT2D eigenvalue weighted by molar-refractivity contribution is 5.98. The molecule has 1 aliphatic rings. The smallest absolute Gasteiger partial charge is 0.342 e. The van der Waals surface area contributed by atoms with Gasteiger partial charge in [-0.2, -0.15) is 0 Å². The summed E-state index contributed by atoms with van der Waals surface area (Å²) in [6.07, 6.45) is -6.92. The first kappa shape index (κ1) is 25.5. The zero-order valence-electron chi connectivity index (χ0n) is 19.0. The van der Waals surface area contributed by atoms with Gasteiger partial charge >= 0.3 is 11.9 Å². The first-order valence-corrected chi connectivity index (χ1v) is 10.1. The van der Waals surface area contributed by atoms with Crippen LogP contribution in [0.4, 0.5) is 0 Å². The van der Waals surface area contributed by atoms with Gasteiger partial charge in [0, 0.05) is 11.1 Å². The number of rotatable bonds is 2. The number of carbonyl (C=O) groups excluding carboxylic acids is 2. The molecule has 3 rings (SSSR count). The number of methoxy groups -OCH3 is 2. The molecule has 0 saturated carbocycles. The molecule has 7 N–H and O–H groups in total. The summed E-state index contributed by atoms with van der Waals surface area (Å²) in [5.74, 6) is -8.50. The van der Waals surface area contributed by atoms with E-state index in [4.69, 9.17) is 18.9 Å². The van der Waals surface area contributed by atoms with E-state index in [0.717, 1.165) is 27.2 Å². The molecule has 0 aliphatic carbocycles. The molecule has 0 bridgehead atoms. The molecule has 2 aromatic carbocycles. The third-order valence-electron chi connectivity index (χ3n) is 5.59. The van der Waals surface area contributed by atoms with Crippen LogP contribution in [0, 0.1) is 0 Å². The Labute approximate surface area is 197 Å². The highest BCUT2D eigenvalue weighted by Gasteiger charge is 2.39. The summed E-state index contributed by atoms with van der Waals surface area (Å²) < 4.78 is 20.1. The summed E-state index contributed by atoms with van der Waals surface area (Å²) in [5.41, 5.74) is -2.63. The Morgan fingerprint density at radius 2 is 1.20 bits per heavy atom. The number of esters is 2. The van der Waals surface area contributed by atoms with Gasteiger partial charge in [0.2, 0.25) is 17.2 Å². The third-order valence-corrected chi connectivity index (χ3v) is 5.59. The predicted molar refractivity (Wildman–Crippen MR) is 114 cm³/mol. The fourth-order valence-corrected chi connectivity index (χ4v) is 3.77. The van der Waals surface area contributed by atoms with E-state index in [1.54, 1.807) is 0 Å². The number of hydrogen-bond acceptors (Lipinski definition) is 13. The zero-order valence-corrected chi connectivity index (χ0v) is 19.0. The number of carbonyl (C=O) groups is 2. The van der Waals surface area contributed by atoms with Crippen LogP contribution >= 0.6 is 0 Å². The van der Waals surface area contributed by atoms with Crippen molar-refractivity contribution in [1.29, 1.82) is 0 Å². The SMILES string of the molecule is COc1c(O)cc2c(c1O)C(=O)O[C@H](C)[C@H](O)c1c(O)c(O)c(OC)c(O)c1C(=O)O[C@H](C)[C@@H]2O. The van der Waals surface area contributed by atoms with Gasteiger partial charge < -0.3 is 54.7 Å². The normalized spacial score (nSPS) is 22.6. The lowest BCUT2D eigenvalue weighted by Gasteiger charge is -2.28. The second kappa shape index (κ2) is 9.27. The quantitative estimate of drug-likeness (QED) is 0.176. The number of phenols is 5. The number of aliphatic hydroxyl groups is 2. The Kier molecular flexibility index (Phi) is 6.76. The van der Waals surface area contributed by atoms with Crippen molar-refractivity contribution in [3.05, 3.63) is 28.3 Å². The van der Waals surface area contributed by atoms with Gasteiger partial charge in [-0.3, -0.25) is 0 Å². The molecule has 0 radical (unpaired) electrons. The van der Waals surface area contributed by atoms with Gasteiger partial charge in [0.1, 0.15) is 35.5 Å². The third kappa shape index (κ3) is 4.04. The molecule has 2 aromatic rings. The average Bonchev–Trinajstić information content (AvgIpc) is 2.79. The molecule has 0 unspecified atom stereocenters. The second-order valence-corrected chi connectivity index (χ2v) is 7.72. The van der Waals surface area contributed by atoms with E-state index >= 15 is 0 Å². The Balaban J connectivity index is 2.30. The average molecular weight is 496 g/mol. The second-order valence-electron chi connectivity index (χ2n) is 7.72. The number of benzene rings is 2. The maximum atomic E-state index is 13.0. The lowest BCUT2D eigenvalue weighted by atomic mass is 9.94. The van der Waals surface area contributed by atoms with E-state index in [1.165, 1.54) is 6.92 Å². The minimum absolute atomic E-state index is 0.399. The molecule has 35 heavy (non-hydrogen) atoms. The van der Waals surface area contributed by atoms with Crippen LogP contribution in [0.2, 0.25) is 0 Å².